The molecule has 0 aliphatic carbocycles. The molecule has 0 aromatic rings. The molecule has 0 spiro atoms. The summed E-state index contributed by atoms with van der Waals surface area (Å²) >= 11 is 0. The third-order valence-corrected chi connectivity index (χ3v) is 2.54. The summed E-state index contributed by atoms with van der Waals surface area (Å²) in [5.41, 5.74) is 0. The molecule has 0 saturated carbocycles. The molecule has 4 heteroatoms. The maximum absolute atomic E-state index is 5.09. The number of hydrogen-bond donors (Lipinski definition) is 0. The van der Waals surface area contributed by atoms with Gasteiger partial charge in [0, 0.05) is 20.8 Å². The summed E-state index contributed by atoms with van der Waals surface area (Å²) in [6.07, 6.45) is 0.642. The minimum absolute atomic E-state index is 0.642. The highest BCUT2D eigenvalue weighted by atomic mass is 28.3. The molecule has 0 rings (SSSR count). The fourth-order valence-electron chi connectivity index (χ4n) is 0.446. The van der Waals surface area contributed by atoms with Gasteiger partial charge < -0.3 is 13.6 Å². The maximum Gasteiger partial charge on any atom is 0.347 e. The Hall–Kier alpha value is 0.0969. The zero-order chi connectivity index (χ0) is 7.11. The van der Waals surface area contributed by atoms with Crippen molar-refractivity contribution in [3.05, 3.63) is 0 Å². The second-order valence-corrected chi connectivity index (χ2v) is 3.70. The fraction of sp³-hybridized carbons (Fsp3) is 1.00. The van der Waals surface area contributed by atoms with Gasteiger partial charge in [-0.25, -0.2) is 0 Å². The van der Waals surface area contributed by atoms with E-state index in [0.717, 1.165) is 6.61 Å². The van der Waals surface area contributed by atoms with Gasteiger partial charge in [-0.1, -0.05) is 0 Å². The molecule has 3 nitrogen and oxygen atoms in total. The molecule has 0 radical (unpaired) electrons. The Labute approximate surface area is 57.8 Å². The molecule has 0 N–H and O–H groups in total. The first-order valence-electron chi connectivity index (χ1n) is 2.98. The van der Waals surface area contributed by atoms with Gasteiger partial charge in [0.15, 0.2) is 0 Å². The van der Waals surface area contributed by atoms with Crippen LogP contribution in [0.4, 0.5) is 0 Å². The second kappa shape index (κ2) is 6.22. The lowest BCUT2D eigenvalue weighted by molar-refractivity contribution is 0.150. The Bertz CT molecular complexity index is 56.2. The van der Waals surface area contributed by atoms with Crippen LogP contribution in [0.2, 0.25) is 0 Å². The molecule has 0 unspecified atom stereocenters. The number of hydrogen-bond acceptors (Lipinski definition) is 3. The van der Waals surface area contributed by atoms with Crippen LogP contribution >= 0.6 is 0 Å². The smallest absolute Gasteiger partial charge is 0.347 e. The third-order valence-electron chi connectivity index (χ3n) is 0.984. The van der Waals surface area contributed by atoms with Crippen molar-refractivity contribution < 1.29 is 13.6 Å². The van der Waals surface area contributed by atoms with Gasteiger partial charge >= 0.3 is 9.28 Å². The summed E-state index contributed by atoms with van der Waals surface area (Å²) in [6, 6.07) is 0. The number of ether oxygens (including phenoxy) is 1. The van der Waals surface area contributed by atoms with Crippen molar-refractivity contribution >= 4 is 9.28 Å². The first-order chi connectivity index (χ1) is 4.35. The molecule has 9 heavy (non-hydrogen) atoms. The van der Waals surface area contributed by atoms with Crippen LogP contribution in [-0.4, -0.2) is 36.3 Å². The third kappa shape index (κ3) is 4.59. The van der Waals surface area contributed by atoms with E-state index in [1.165, 1.54) is 0 Å². The molecule has 0 aromatic heterocycles. The van der Waals surface area contributed by atoms with E-state index in [2.05, 4.69) is 0 Å². The maximum atomic E-state index is 5.09. The second-order valence-electron chi connectivity index (χ2n) is 1.56. The molecule has 0 aromatic carbocycles. The molecule has 0 heterocycles. The van der Waals surface area contributed by atoms with Gasteiger partial charge in [0.2, 0.25) is 0 Å². The molecule has 0 amide bonds. The topological polar surface area (TPSA) is 27.7 Å². The van der Waals surface area contributed by atoms with Gasteiger partial charge in [-0.05, 0) is 6.92 Å². The molecule has 0 aliphatic rings. The number of rotatable bonds is 5. The van der Waals surface area contributed by atoms with Gasteiger partial charge in [0.25, 0.3) is 0 Å². The van der Waals surface area contributed by atoms with Gasteiger partial charge in [0.05, 0.1) is 6.23 Å². The zero-order valence-electron chi connectivity index (χ0n) is 6.22. The largest absolute Gasteiger partial charge is 0.399 e. The minimum Gasteiger partial charge on any atom is -0.399 e. The van der Waals surface area contributed by atoms with Gasteiger partial charge in [-0.3, -0.25) is 0 Å². The first kappa shape index (κ1) is 9.10. The Kier molecular flexibility index (Phi) is 6.29. The highest BCUT2D eigenvalue weighted by Crippen LogP contribution is 1.85. The first-order valence-corrected chi connectivity index (χ1v) is 4.74. The molecule has 56 valence electrons. The van der Waals surface area contributed by atoms with Crippen LogP contribution in [0.3, 0.4) is 0 Å². The summed E-state index contributed by atoms with van der Waals surface area (Å²) in [6.45, 7) is 2.69. The summed E-state index contributed by atoms with van der Waals surface area (Å²) in [7, 11) is 1.87. The lowest BCUT2D eigenvalue weighted by Crippen LogP contribution is -2.26. The van der Waals surface area contributed by atoms with E-state index in [-0.39, 0.29) is 0 Å². The van der Waals surface area contributed by atoms with Crippen molar-refractivity contribution in [2.45, 2.75) is 6.92 Å². The highest BCUT2D eigenvalue weighted by molar-refractivity contribution is 6.44. The Balaban J connectivity index is 3.09. The molecule has 0 aliphatic heterocycles. The quantitative estimate of drug-likeness (QED) is 0.519. The van der Waals surface area contributed by atoms with E-state index in [0.29, 0.717) is 6.23 Å². The normalized spacial score (nSPS) is 10.7. The van der Waals surface area contributed by atoms with Gasteiger partial charge in [-0.15, -0.1) is 0 Å². The Morgan fingerprint density at radius 1 is 1.22 bits per heavy atom. The van der Waals surface area contributed by atoms with E-state index >= 15 is 0 Å². The van der Waals surface area contributed by atoms with E-state index in [1.807, 2.05) is 6.92 Å². The van der Waals surface area contributed by atoms with Crippen molar-refractivity contribution in [2.24, 2.45) is 0 Å². The van der Waals surface area contributed by atoms with Crippen LogP contribution in [0, 0.1) is 0 Å². The summed E-state index contributed by atoms with van der Waals surface area (Å²) < 4.78 is 15.1. The van der Waals surface area contributed by atoms with Crippen LogP contribution in [0.25, 0.3) is 0 Å². The predicted molar refractivity (Wildman–Crippen MR) is 37.7 cm³/mol. The van der Waals surface area contributed by atoms with E-state index in [9.17, 15) is 0 Å². The Morgan fingerprint density at radius 2 is 1.78 bits per heavy atom. The van der Waals surface area contributed by atoms with Crippen molar-refractivity contribution in [2.75, 3.05) is 27.1 Å². The minimum atomic E-state index is -1.43. The summed E-state index contributed by atoms with van der Waals surface area (Å²) in [5, 5.41) is 0. The van der Waals surface area contributed by atoms with Crippen LogP contribution in [0.15, 0.2) is 0 Å². The van der Waals surface area contributed by atoms with Crippen molar-refractivity contribution in [1.29, 1.82) is 0 Å². The highest BCUT2D eigenvalue weighted by Gasteiger charge is 2.07. The Morgan fingerprint density at radius 3 is 2.11 bits per heavy atom. The lowest BCUT2D eigenvalue weighted by atomic mass is 10.9. The molecular weight excluding hydrogens is 136 g/mol. The molecule has 0 saturated heterocycles. The standard InChI is InChI=1S/C5H14O3Si/c1-4-8-5-9(6-2)7-3/h9H,4-5H2,1-3H3. The SMILES string of the molecule is CCOC[SiH](OC)OC. The van der Waals surface area contributed by atoms with E-state index in [4.69, 9.17) is 13.6 Å². The predicted octanol–water partition coefficient (Wildman–Crippen LogP) is 0.0754. The van der Waals surface area contributed by atoms with E-state index in [1.54, 1.807) is 14.2 Å². The van der Waals surface area contributed by atoms with Crippen LogP contribution in [-0.2, 0) is 13.6 Å². The average Bonchev–Trinajstić information content (AvgIpc) is 1.91. The average molecular weight is 150 g/mol. The van der Waals surface area contributed by atoms with E-state index < -0.39 is 9.28 Å². The molecular formula is C5H14O3Si. The molecule has 0 fully saturated rings. The van der Waals surface area contributed by atoms with Gasteiger partial charge in [0.1, 0.15) is 0 Å². The molecule has 0 atom stereocenters. The van der Waals surface area contributed by atoms with Crippen molar-refractivity contribution in [1.82, 2.24) is 0 Å². The monoisotopic (exact) mass is 150 g/mol. The summed E-state index contributed by atoms with van der Waals surface area (Å²) in [4.78, 5) is 0. The fourth-order valence-corrected chi connectivity index (χ4v) is 1.34. The lowest BCUT2D eigenvalue weighted by Gasteiger charge is -2.09. The van der Waals surface area contributed by atoms with Crippen molar-refractivity contribution in [3.8, 4) is 0 Å². The van der Waals surface area contributed by atoms with Crippen LogP contribution in [0.1, 0.15) is 6.92 Å². The van der Waals surface area contributed by atoms with Crippen LogP contribution in [0.5, 0.6) is 0 Å². The van der Waals surface area contributed by atoms with Crippen LogP contribution < -0.4 is 0 Å². The zero-order valence-corrected chi connectivity index (χ0v) is 7.37. The molecule has 0 bridgehead atoms. The summed E-state index contributed by atoms with van der Waals surface area (Å²) in [5.74, 6) is 0. The van der Waals surface area contributed by atoms with Crippen molar-refractivity contribution in [3.63, 3.8) is 0 Å². The van der Waals surface area contributed by atoms with Gasteiger partial charge in [-0.2, -0.15) is 0 Å².